The number of carbonyl (C=O) groups is 1. The zero-order chi connectivity index (χ0) is 19.5. The number of anilines is 1. The van der Waals surface area contributed by atoms with Crippen LogP contribution < -0.4 is 9.62 Å². The fourth-order valence-electron chi connectivity index (χ4n) is 2.65. The molecule has 0 spiro atoms. The summed E-state index contributed by atoms with van der Waals surface area (Å²) in [7, 11) is -3.57. The Morgan fingerprint density at radius 2 is 1.65 bits per heavy atom. The van der Waals surface area contributed by atoms with Crippen LogP contribution in [0.15, 0.2) is 42.5 Å². The summed E-state index contributed by atoms with van der Waals surface area (Å²) in [4.78, 5) is 12.5. The number of carbonyl (C=O) groups excluding carboxylic acids is 1. The number of aryl methyl sites for hydroxylation is 3. The third-order valence-electron chi connectivity index (χ3n) is 4.42. The van der Waals surface area contributed by atoms with E-state index in [9.17, 15) is 13.2 Å². The molecule has 0 aliphatic rings. The average molecular weight is 375 g/mol. The van der Waals surface area contributed by atoms with Gasteiger partial charge < -0.3 is 5.32 Å². The van der Waals surface area contributed by atoms with Gasteiger partial charge in [-0.05, 0) is 56.5 Å². The van der Waals surface area contributed by atoms with Crippen molar-refractivity contribution < 1.29 is 13.2 Å². The molecule has 0 unspecified atom stereocenters. The molecule has 5 nitrogen and oxygen atoms in total. The molecule has 0 bridgehead atoms. The molecule has 0 heterocycles. The fraction of sp³-hybridized carbons (Fsp3) is 0.350. The lowest BCUT2D eigenvalue weighted by Gasteiger charge is -2.23. The Morgan fingerprint density at radius 3 is 2.19 bits per heavy atom. The highest BCUT2D eigenvalue weighted by molar-refractivity contribution is 7.92. The molecule has 0 aliphatic heterocycles. The Balaban J connectivity index is 2.14. The van der Waals surface area contributed by atoms with E-state index in [0.29, 0.717) is 5.69 Å². The molecule has 2 aromatic carbocycles. The van der Waals surface area contributed by atoms with Crippen LogP contribution in [0.4, 0.5) is 5.69 Å². The van der Waals surface area contributed by atoms with Crippen molar-refractivity contribution in [1.29, 1.82) is 0 Å². The molecule has 1 atom stereocenters. The summed E-state index contributed by atoms with van der Waals surface area (Å²) in [6.07, 6.45) is 1.10. The molecule has 0 saturated heterocycles. The first kappa shape index (κ1) is 20.0. The summed E-state index contributed by atoms with van der Waals surface area (Å²) >= 11 is 0. The average Bonchev–Trinajstić information content (AvgIpc) is 2.55. The van der Waals surface area contributed by atoms with Crippen LogP contribution >= 0.6 is 0 Å². The first-order valence-corrected chi connectivity index (χ1v) is 10.3. The van der Waals surface area contributed by atoms with Crippen LogP contribution in [0.25, 0.3) is 0 Å². The zero-order valence-corrected chi connectivity index (χ0v) is 16.7. The Bertz CT molecular complexity index is 890. The van der Waals surface area contributed by atoms with Gasteiger partial charge in [0.15, 0.2) is 0 Å². The summed E-state index contributed by atoms with van der Waals surface area (Å²) in [6, 6.07) is 12.9. The molecular formula is C20H26N2O3S. The highest BCUT2D eigenvalue weighted by atomic mass is 32.2. The first-order chi connectivity index (χ1) is 12.1. The summed E-state index contributed by atoms with van der Waals surface area (Å²) in [5, 5.41) is 2.88. The Morgan fingerprint density at radius 1 is 1.04 bits per heavy atom. The van der Waals surface area contributed by atoms with Gasteiger partial charge in [0.1, 0.15) is 6.54 Å². The number of nitrogens with zero attached hydrogens (tertiary/aromatic N) is 1. The van der Waals surface area contributed by atoms with Gasteiger partial charge in [0.25, 0.3) is 0 Å². The number of amides is 1. The second kappa shape index (κ2) is 7.91. The van der Waals surface area contributed by atoms with Crippen LogP contribution in [0.5, 0.6) is 0 Å². The van der Waals surface area contributed by atoms with E-state index in [-0.39, 0.29) is 18.5 Å². The molecule has 2 aromatic rings. The van der Waals surface area contributed by atoms with E-state index in [0.717, 1.165) is 27.3 Å². The minimum Gasteiger partial charge on any atom is -0.348 e. The van der Waals surface area contributed by atoms with E-state index in [2.05, 4.69) is 5.32 Å². The van der Waals surface area contributed by atoms with E-state index < -0.39 is 10.0 Å². The Hall–Kier alpha value is -2.34. The molecule has 0 radical (unpaired) electrons. The molecule has 0 saturated carbocycles. The maximum absolute atomic E-state index is 12.5. The van der Waals surface area contributed by atoms with Crippen LogP contribution in [-0.2, 0) is 14.8 Å². The largest absolute Gasteiger partial charge is 0.348 e. The summed E-state index contributed by atoms with van der Waals surface area (Å²) in [6.45, 7) is 7.62. The van der Waals surface area contributed by atoms with Crippen molar-refractivity contribution in [3.8, 4) is 0 Å². The first-order valence-electron chi connectivity index (χ1n) is 8.49. The van der Waals surface area contributed by atoms with E-state index in [1.165, 1.54) is 5.56 Å². The van der Waals surface area contributed by atoms with Gasteiger partial charge in [0.2, 0.25) is 15.9 Å². The smallest absolute Gasteiger partial charge is 0.241 e. The van der Waals surface area contributed by atoms with Gasteiger partial charge in [-0.25, -0.2) is 8.42 Å². The number of rotatable bonds is 6. The zero-order valence-electron chi connectivity index (χ0n) is 15.9. The fourth-order valence-corrected chi connectivity index (χ4v) is 3.50. The summed E-state index contributed by atoms with van der Waals surface area (Å²) < 4.78 is 25.4. The second-order valence-electron chi connectivity index (χ2n) is 6.74. The van der Waals surface area contributed by atoms with E-state index in [4.69, 9.17) is 0 Å². The molecule has 0 aliphatic carbocycles. The normalized spacial score (nSPS) is 12.5. The van der Waals surface area contributed by atoms with Crippen LogP contribution in [0, 0.1) is 20.8 Å². The van der Waals surface area contributed by atoms with E-state index in [1.54, 1.807) is 12.1 Å². The highest BCUT2D eigenvalue weighted by Gasteiger charge is 2.21. The number of sulfonamides is 1. The van der Waals surface area contributed by atoms with Crippen molar-refractivity contribution in [3.05, 3.63) is 64.7 Å². The Labute approximate surface area is 156 Å². The van der Waals surface area contributed by atoms with Gasteiger partial charge in [0, 0.05) is 0 Å². The van der Waals surface area contributed by atoms with Crippen molar-refractivity contribution >= 4 is 21.6 Å². The van der Waals surface area contributed by atoms with Gasteiger partial charge in [0.05, 0.1) is 18.0 Å². The van der Waals surface area contributed by atoms with E-state index in [1.807, 2.05) is 58.0 Å². The van der Waals surface area contributed by atoms with Crippen molar-refractivity contribution in [1.82, 2.24) is 5.32 Å². The maximum atomic E-state index is 12.5. The molecule has 6 heteroatoms. The summed E-state index contributed by atoms with van der Waals surface area (Å²) in [5.74, 6) is -0.346. The maximum Gasteiger partial charge on any atom is 0.241 e. The van der Waals surface area contributed by atoms with Crippen molar-refractivity contribution in [2.45, 2.75) is 33.7 Å². The number of hydrogen-bond acceptors (Lipinski definition) is 3. The van der Waals surface area contributed by atoms with Gasteiger partial charge in [-0.2, -0.15) is 0 Å². The van der Waals surface area contributed by atoms with Crippen LogP contribution in [0.1, 0.15) is 35.2 Å². The van der Waals surface area contributed by atoms with Crippen LogP contribution in [0.3, 0.4) is 0 Å². The van der Waals surface area contributed by atoms with Crippen molar-refractivity contribution in [3.63, 3.8) is 0 Å². The standard InChI is InChI=1S/C20H26N2O3S/c1-14-6-10-19(11-7-14)22(26(5,24)25)13-20(23)21-17(4)18-9-8-15(2)16(3)12-18/h6-12,17H,13H2,1-5H3,(H,21,23)/t17-/m0/s1. The number of benzene rings is 2. The molecule has 26 heavy (non-hydrogen) atoms. The molecule has 2 rings (SSSR count). The highest BCUT2D eigenvalue weighted by Crippen LogP contribution is 2.19. The lowest BCUT2D eigenvalue weighted by Crippen LogP contribution is -2.41. The van der Waals surface area contributed by atoms with Crippen LogP contribution in [-0.4, -0.2) is 27.1 Å². The lowest BCUT2D eigenvalue weighted by molar-refractivity contribution is -0.120. The molecule has 0 aromatic heterocycles. The van der Waals surface area contributed by atoms with Crippen LogP contribution in [0.2, 0.25) is 0 Å². The monoisotopic (exact) mass is 374 g/mol. The van der Waals surface area contributed by atoms with Gasteiger partial charge in [-0.1, -0.05) is 35.9 Å². The molecule has 140 valence electrons. The number of nitrogens with one attached hydrogen (secondary N) is 1. The van der Waals surface area contributed by atoms with E-state index >= 15 is 0 Å². The predicted molar refractivity (Wildman–Crippen MR) is 106 cm³/mol. The quantitative estimate of drug-likeness (QED) is 0.844. The number of hydrogen-bond donors (Lipinski definition) is 1. The van der Waals surface area contributed by atoms with Crippen molar-refractivity contribution in [2.24, 2.45) is 0 Å². The van der Waals surface area contributed by atoms with Gasteiger partial charge in [-0.3, -0.25) is 9.10 Å². The molecule has 1 N–H and O–H groups in total. The molecule has 1 amide bonds. The second-order valence-corrected chi connectivity index (χ2v) is 8.64. The van der Waals surface area contributed by atoms with Gasteiger partial charge in [-0.15, -0.1) is 0 Å². The van der Waals surface area contributed by atoms with Crippen molar-refractivity contribution in [2.75, 3.05) is 17.1 Å². The SMILES string of the molecule is Cc1ccc(N(CC(=O)N[C@@H](C)c2ccc(C)c(C)c2)S(C)(=O)=O)cc1. The third kappa shape index (κ3) is 5.08. The lowest BCUT2D eigenvalue weighted by atomic mass is 10.0. The minimum atomic E-state index is -3.57. The topological polar surface area (TPSA) is 66.5 Å². The molecule has 0 fully saturated rings. The predicted octanol–water partition coefficient (Wildman–Crippen LogP) is 3.26. The van der Waals surface area contributed by atoms with Gasteiger partial charge >= 0.3 is 0 Å². The third-order valence-corrected chi connectivity index (χ3v) is 5.56. The Kier molecular flexibility index (Phi) is 6.08. The minimum absolute atomic E-state index is 0.207. The summed E-state index contributed by atoms with van der Waals surface area (Å²) in [5.41, 5.74) is 4.83. The molecular weight excluding hydrogens is 348 g/mol.